The van der Waals surface area contributed by atoms with Gasteiger partial charge in [0, 0.05) is 17.3 Å². The molecule has 102 valence electrons. The van der Waals surface area contributed by atoms with Gasteiger partial charge in [-0.25, -0.2) is 15.0 Å². The Morgan fingerprint density at radius 3 is 2.86 bits per heavy atom. The van der Waals surface area contributed by atoms with Crippen molar-refractivity contribution in [3.8, 4) is 0 Å². The molecule has 0 atom stereocenters. The van der Waals surface area contributed by atoms with Crippen LogP contribution in [0.4, 0.5) is 0 Å². The molecule has 4 rings (SSSR count). The van der Waals surface area contributed by atoms with Gasteiger partial charge in [0.1, 0.15) is 0 Å². The van der Waals surface area contributed by atoms with Crippen molar-refractivity contribution in [3.05, 3.63) is 64.3 Å². The number of nitrogens with zero attached hydrogens (tertiary/aromatic N) is 3. The Balaban J connectivity index is 1.79. The largest absolute Gasteiger partial charge is 0.348 e. The maximum atomic E-state index is 12.3. The van der Waals surface area contributed by atoms with Gasteiger partial charge in [0.15, 0.2) is 0 Å². The molecule has 5 nitrogen and oxygen atoms in total. The molecule has 2 aliphatic rings. The van der Waals surface area contributed by atoms with Crippen molar-refractivity contribution < 1.29 is 4.79 Å². The first kappa shape index (κ1) is 12.0. The summed E-state index contributed by atoms with van der Waals surface area (Å²) < 4.78 is 0. The van der Waals surface area contributed by atoms with Crippen LogP contribution in [0.5, 0.6) is 0 Å². The first-order valence-corrected chi connectivity index (χ1v) is 6.73. The Bertz CT molecular complexity index is 947. The van der Waals surface area contributed by atoms with Gasteiger partial charge in [-0.3, -0.25) is 4.79 Å². The van der Waals surface area contributed by atoms with E-state index in [4.69, 9.17) is 0 Å². The number of H-pyrrole nitrogens is 1. The normalized spacial score (nSPS) is 16.0. The molecule has 0 unspecified atom stereocenters. The third-order valence-electron chi connectivity index (χ3n) is 3.72. The molecule has 0 radical (unpaired) electrons. The number of aryl methyl sites for hydroxylation is 1. The monoisotopic (exact) mass is 276 g/mol. The number of para-hydroxylation sites is 1. The van der Waals surface area contributed by atoms with E-state index in [2.05, 4.69) is 20.0 Å². The van der Waals surface area contributed by atoms with Crippen molar-refractivity contribution in [2.45, 2.75) is 13.3 Å². The van der Waals surface area contributed by atoms with Gasteiger partial charge >= 0.3 is 0 Å². The molecule has 2 aliphatic heterocycles. The van der Waals surface area contributed by atoms with Crippen molar-refractivity contribution in [1.82, 2.24) is 9.97 Å². The number of aromatic amines is 1. The topological polar surface area (TPSA) is 70.5 Å². The first-order chi connectivity index (χ1) is 10.2. The number of hydrogen-bond acceptors (Lipinski definition) is 3. The lowest BCUT2D eigenvalue weighted by molar-refractivity contribution is -0.112. The molecule has 5 heteroatoms. The van der Waals surface area contributed by atoms with Crippen LogP contribution in [0.2, 0.25) is 0 Å². The molecular formula is C16H12N4O. The molecule has 1 amide bonds. The maximum absolute atomic E-state index is 12.3. The summed E-state index contributed by atoms with van der Waals surface area (Å²) in [7, 11) is 0. The zero-order valence-corrected chi connectivity index (χ0v) is 11.4. The number of carbonyl (C=O) groups excluding carboxylic acids is 1. The summed E-state index contributed by atoms with van der Waals surface area (Å²) >= 11 is 0. The number of aliphatic imine (C=N–C) groups is 1. The van der Waals surface area contributed by atoms with E-state index in [1.165, 1.54) is 0 Å². The molecule has 0 aliphatic carbocycles. The average molecular weight is 276 g/mol. The number of hydrogen-bond donors (Lipinski definition) is 1. The molecule has 1 N–H and O–H groups in total. The van der Waals surface area contributed by atoms with Crippen LogP contribution in [-0.2, 0) is 11.2 Å². The van der Waals surface area contributed by atoms with Crippen LogP contribution in [-0.4, -0.2) is 21.6 Å². The van der Waals surface area contributed by atoms with E-state index in [0.717, 1.165) is 22.0 Å². The van der Waals surface area contributed by atoms with Crippen LogP contribution < -0.4 is 10.6 Å². The Morgan fingerprint density at radius 2 is 2.05 bits per heavy atom. The minimum Gasteiger partial charge on any atom is -0.348 e. The van der Waals surface area contributed by atoms with Gasteiger partial charge in [0.25, 0.3) is 5.91 Å². The molecule has 0 saturated heterocycles. The lowest BCUT2D eigenvalue weighted by Crippen LogP contribution is -2.25. The zero-order valence-electron chi connectivity index (χ0n) is 11.4. The van der Waals surface area contributed by atoms with E-state index in [1.54, 1.807) is 6.33 Å². The summed E-state index contributed by atoms with van der Waals surface area (Å²) in [6.45, 7) is 1.95. The number of amides is 1. The summed E-state index contributed by atoms with van der Waals surface area (Å²) in [5, 5.41) is 1.70. The number of carbonyl (C=O) groups is 1. The van der Waals surface area contributed by atoms with Crippen molar-refractivity contribution in [3.63, 3.8) is 0 Å². The fourth-order valence-electron chi connectivity index (χ4n) is 2.64. The van der Waals surface area contributed by atoms with Crippen LogP contribution in [0, 0.1) is 6.92 Å². The predicted octanol–water partition coefficient (Wildman–Crippen LogP) is 0.610. The van der Waals surface area contributed by atoms with E-state index < -0.39 is 0 Å². The predicted molar refractivity (Wildman–Crippen MR) is 78.2 cm³/mol. The lowest BCUT2D eigenvalue weighted by atomic mass is 10.0. The summed E-state index contributed by atoms with van der Waals surface area (Å²) in [6, 6.07) is 7.64. The molecule has 2 aromatic rings. The Kier molecular flexibility index (Phi) is 2.47. The van der Waals surface area contributed by atoms with Gasteiger partial charge in [-0.15, -0.1) is 0 Å². The molecule has 1 aromatic carbocycles. The zero-order chi connectivity index (χ0) is 14.4. The molecule has 3 heterocycles. The van der Waals surface area contributed by atoms with Gasteiger partial charge in [-0.1, -0.05) is 18.2 Å². The second kappa shape index (κ2) is 4.34. The molecule has 1 aromatic heterocycles. The van der Waals surface area contributed by atoms with Crippen molar-refractivity contribution in [2.24, 2.45) is 9.98 Å². The number of benzene rings is 1. The van der Waals surface area contributed by atoms with Crippen molar-refractivity contribution >= 4 is 17.2 Å². The third kappa shape index (κ3) is 1.86. The number of fused-ring (bicyclic) bond motifs is 2. The fraction of sp³-hybridized carbons (Fsp3) is 0.125. The van der Waals surface area contributed by atoms with Crippen LogP contribution in [0.15, 0.2) is 52.4 Å². The van der Waals surface area contributed by atoms with Gasteiger partial charge in [0.05, 0.1) is 34.4 Å². The molecule has 0 fully saturated rings. The second-order valence-corrected chi connectivity index (χ2v) is 5.09. The highest BCUT2D eigenvalue weighted by Crippen LogP contribution is 2.21. The standard InChI is InChI=1S/C16H12N4O/c1-9-13(18-8-17-9)6-10-7-14-15(16(21)19-10)11-4-2-3-5-12(11)20-14/h2-5,7-8H,6H2,1H3,(H,17,18). The van der Waals surface area contributed by atoms with Gasteiger partial charge < -0.3 is 4.98 Å². The molecule has 21 heavy (non-hydrogen) atoms. The van der Waals surface area contributed by atoms with Gasteiger partial charge in [-0.05, 0) is 19.1 Å². The van der Waals surface area contributed by atoms with E-state index in [9.17, 15) is 4.79 Å². The minimum atomic E-state index is -0.218. The number of aromatic nitrogens is 2. The minimum absolute atomic E-state index is 0.218. The number of imidazole rings is 1. The van der Waals surface area contributed by atoms with E-state index in [0.29, 0.717) is 23.4 Å². The van der Waals surface area contributed by atoms with E-state index >= 15 is 0 Å². The first-order valence-electron chi connectivity index (χ1n) is 6.73. The van der Waals surface area contributed by atoms with E-state index in [-0.39, 0.29) is 5.91 Å². The summed E-state index contributed by atoms with van der Waals surface area (Å²) in [5.74, 6) is -0.218. The summed E-state index contributed by atoms with van der Waals surface area (Å²) in [4.78, 5) is 28.3. The Morgan fingerprint density at radius 1 is 1.19 bits per heavy atom. The van der Waals surface area contributed by atoms with Gasteiger partial charge in [0.2, 0.25) is 0 Å². The SMILES string of the molecule is Cc1[nH]cnc1CC1=NC(=O)C2=c3ccccc3=NC2=C1. The Labute approximate surface area is 120 Å². The molecule has 0 bridgehead atoms. The average Bonchev–Trinajstić information content (AvgIpc) is 3.02. The molecule has 0 saturated carbocycles. The third-order valence-corrected chi connectivity index (χ3v) is 3.72. The van der Waals surface area contributed by atoms with E-state index in [1.807, 2.05) is 37.3 Å². The quantitative estimate of drug-likeness (QED) is 0.873. The fourth-order valence-corrected chi connectivity index (χ4v) is 2.64. The molecular weight excluding hydrogens is 264 g/mol. The van der Waals surface area contributed by atoms with Crippen LogP contribution in [0.25, 0.3) is 5.57 Å². The number of dihydropyridines is 1. The van der Waals surface area contributed by atoms with Crippen molar-refractivity contribution in [2.75, 3.05) is 0 Å². The second-order valence-electron chi connectivity index (χ2n) is 5.09. The number of allylic oxidation sites excluding steroid dienone is 1. The summed E-state index contributed by atoms with van der Waals surface area (Å²) in [5.41, 5.74) is 3.90. The number of nitrogens with one attached hydrogen (secondary N) is 1. The smallest absolute Gasteiger partial charge is 0.280 e. The van der Waals surface area contributed by atoms with Crippen LogP contribution in [0.3, 0.4) is 0 Å². The lowest BCUT2D eigenvalue weighted by Gasteiger charge is -2.09. The highest BCUT2D eigenvalue weighted by molar-refractivity contribution is 6.27. The maximum Gasteiger partial charge on any atom is 0.280 e. The highest BCUT2D eigenvalue weighted by atomic mass is 16.1. The molecule has 0 spiro atoms. The van der Waals surface area contributed by atoms with Crippen LogP contribution >= 0.6 is 0 Å². The highest BCUT2D eigenvalue weighted by Gasteiger charge is 2.24. The summed E-state index contributed by atoms with van der Waals surface area (Å²) in [6.07, 6.45) is 4.06. The van der Waals surface area contributed by atoms with Crippen LogP contribution in [0.1, 0.15) is 11.4 Å². The van der Waals surface area contributed by atoms with Crippen molar-refractivity contribution in [1.29, 1.82) is 0 Å². The Hall–Kier alpha value is -2.82. The number of rotatable bonds is 2. The van der Waals surface area contributed by atoms with Gasteiger partial charge in [-0.2, -0.15) is 0 Å².